The van der Waals surface area contributed by atoms with Gasteiger partial charge in [-0.1, -0.05) is 36.0 Å². The Morgan fingerprint density at radius 2 is 1.78 bits per heavy atom. The fourth-order valence-electron chi connectivity index (χ4n) is 3.89. The Kier molecular flexibility index (Phi) is 8.21. The molecule has 4 rings (SSSR count). The molecule has 0 fully saturated rings. The Labute approximate surface area is 217 Å². The number of aliphatic imine (C=N–C) groups is 1. The summed E-state index contributed by atoms with van der Waals surface area (Å²) in [4.78, 5) is 31.5. The van der Waals surface area contributed by atoms with E-state index in [1.165, 1.54) is 23.1 Å². The molecule has 0 bridgehead atoms. The first-order valence-electron chi connectivity index (χ1n) is 11.2. The quantitative estimate of drug-likeness (QED) is 0.421. The number of nitrogens with one attached hydrogen (secondary N) is 2. The molecule has 182 valence electrons. The van der Waals surface area contributed by atoms with Crippen molar-refractivity contribution < 1.29 is 14.3 Å². The molecule has 0 spiro atoms. The van der Waals surface area contributed by atoms with Gasteiger partial charge in [-0.2, -0.15) is 5.26 Å². The van der Waals surface area contributed by atoms with Crippen LogP contribution in [-0.4, -0.2) is 29.7 Å². The standard InChI is InChI=1S/C27H24N4O3S2/c1-17-24(26(33)31-18-7-4-3-5-8-18)25(22-9-6-14-35-22)21(15-28)27(29-17)36-16-23(32)30-19-10-12-20(34-2)13-11-19/h3-14,21,25H,16H2,1-2H3,(H,30,32)(H,31,33). The lowest BCUT2D eigenvalue weighted by molar-refractivity contribution is -0.114. The normalized spacial score (nSPS) is 17.1. The van der Waals surface area contributed by atoms with Crippen LogP contribution in [0.4, 0.5) is 11.4 Å². The van der Waals surface area contributed by atoms with Gasteiger partial charge in [0.05, 0.1) is 24.0 Å². The number of thioether (sulfide) groups is 1. The third-order valence-electron chi connectivity index (χ3n) is 5.57. The lowest BCUT2D eigenvalue weighted by atomic mass is 9.82. The van der Waals surface area contributed by atoms with E-state index in [1.54, 1.807) is 38.3 Å². The van der Waals surface area contributed by atoms with Crippen molar-refractivity contribution in [3.63, 3.8) is 0 Å². The largest absolute Gasteiger partial charge is 0.497 e. The van der Waals surface area contributed by atoms with Gasteiger partial charge in [0.25, 0.3) is 5.91 Å². The second kappa shape index (κ2) is 11.7. The van der Waals surface area contributed by atoms with E-state index in [0.717, 1.165) is 4.88 Å². The molecular weight excluding hydrogens is 492 g/mol. The highest BCUT2D eigenvalue weighted by Gasteiger charge is 2.39. The summed E-state index contributed by atoms with van der Waals surface area (Å²) in [7, 11) is 1.58. The van der Waals surface area contributed by atoms with Crippen LogP contribution in [0.5, 0.6) is 5.75 Å². The van der Waals surface area contributed by atoms with Gasteiger partial charge >= 0.3 is 0 Å². The first-order valence-corrected chi connectivity index (χ1v) is 13.0. The average Bonchev–Trinajstić information content (AvgIpc) is 3.42. The van der Waals surface area contributed by atoms with Gasteiger partial charge in [0, 0.05) is 33.4 Å². The number of carbonyl (C=O) groups is 2. The van der Waals surface area contributed by atoms with Gasteiger partial charge in [0.1, 0.15) is 11.7 Å². The number of methoxy groups -OCH3 is 1. The van der Waals surface area contributed by atoms with E-state index in [1.807, 2.05) is 47.8 Å². The van der Waals surface area contributed by atoms with Gasteiger partial charge in [-0.15, -0.1) is 11.3 Å². The van der Waals surface area contributed by atoms with Crippen LogP contribution in [0.2, 0.25) is 0 Å². The lowest BCUT2D eigenvalue weighted by Crippen LogP contribution is -2.31. The van der Waals surface area contributed by atoms with E-state index in [2.05, 4.69) is 21.7 Å². The van der Waals surface area contributed by atoms with Crippen molar-refractivity contribution in [3.8, 4) is 11.8 Å². The SMILES string of the molecule is COc1ccc(NC(=O)CSC2=NC(C)=C(C(=O)Nc3ccccc3)C(c3cccs3)C2C#N)cc1. The number of amides is 2. The van der Waals surface area contributed by atoms with Crippen LogP contribution >= 0.6 is 23.1 Å². The molecule has 2 atom stereocenters. The number of thiophene rings is 1. The Hall–Kier alpha value is -3.87. The molecule has 36 heavy (non-hydrogen) atoms. The van der Waals surface area contributed by atoms with Crippen molar-refractivity contribution in [1.82, 2.24) is 0 Å². The minimum atomic E-state index is -0.692. The maximum Gasteiger partial charge on any atom is 0.254 e. The Morgan fingerprint density at radius 1 is 1.06 bits per heavy atom. The van der Waals surface area contributed by atoms with Crippen molar-refractivity contribution in [2.45, 2.75) is 12.8 Å². The number of nitriles is 1. The molecule has 2 heterocycles. The fraction of sp³-hybridized carbons (Fsp3) is 0.185. The molecule has 2 N–H and O–H groups in total. The maximum absolute atomic E-state index is 13.3. The number of benzene rings is 2. The van der Waals surface area contributed by atoms with Crippen molar-refractivity contribution in [1.29, 1.82) is 5.26 Å². The molecule has 1 aliphatic heterocycles. The van der Waals surface area contributed by atoms with Crippen LogP contribution in [0.25, 0.3) is 0 Å². The van der Waals surface area contributed by atoms with Crippen LogP contribution < -0.4 is 15.4 Å². The number of anilines is 2. The maximum atomic E-state index is 13.3. The average molecular weight is 517 g/mol. The lowest BCUT2D eigenvalue weighted by Gasteiger charge is -2.29. The van der Waals surface area contributed by atoms with Gasteiger partial charge in [-0.05, 0) is 54.8 Å². The summed E-state index contributed by atoms with van der Waals surface area (Å²) < 4.78 is 5.14. The predicted octanol–water partition coefficient (Wildman–Crippen LogP) is 5.68. The molecule has 3 aromatic rings. The van der Waals surface area contributed by atoms with Gasteiger partial charge in [-0.3, -0.25) is 9.59 Å². The molecule has 7 nitrogen and oxygen atoms in total. The number of nitrogens with zero attached hydrogens (tertiary/aromatic N) is 2. The van der Waals surface area contributed by atoms with Gasteiger partial charge in [0.15, 0.2) is 0 Å². The second-order valence-electron chi connectivity index (χ2n) is 7.93. The van der Waals surface area contributed by atoms with Crippen LogP contribution in [0.3, 0.4) is 0 Å². The summed E-state index contributed by atoms with van der Waals surface area (Å²) in [6.45, 7) is 1.77. The summed E-state index contributed by atoms with van der Waals surface area (Å²) >= 11 is 2.71. The van der Waals surface area contributed by atoms with E-state index in [0.29, 0.717) is 33.4 Å². The number of allylic oxidation sites excluding steroid dienone is 1. The summed E-state index contributed by atoms with van der Waals surface area (Å²) in [5.74, 6) is -0.899. The van der Waals surface area contributed by atoms with E-state index >= 15 is 0 Å². The van der Waals surface area contributed by atoms with Crippen molar-refractivity contribution >= 4 is 51.3 Å². The highest BCUT2D eigenvalue weighted by atomic mass is 32.2. The molecule has 2 aromatic carbocycles. The number of hydrogen-bond acceptors (Lipinski definition) is 7. The van der Waals surface area contributed by atoms with Crippen molar-refractivity contribution in [3.05, 3.63) is 88.3 Å². The minimum Gasteiger partial charge on any atom is -0.497 e. The monoisotopic (exact) mass is 516 g/mol. The molecule has 0 saturated heterocycles. The minimum absolute atomic E-state index is 0.0824. The van der Waals surface area contributed by atoms with Crippen LogP contribution in [0.15, 0.2) is 88.4 Å². The van der Waals surface area contributed by atoms with E-state index in [-0.39, 0.29) is 17.6 Å². The number of rotatable bonds is 7. The molecule has 2 unspecified atom stereocenters. The first-order chi connectivity index (χ1) is 17.5. The number of carbonyl (C=O) groups excluding carboxylic acids is 2. The molecule has 0 aliphatic carbocycles. The summed E-state index contributed by atoms with van der Waals surface area (Å²) in [5.41, 5.74) is 2.31. The smallest absolute Gasteiger partial charge is 0.254 e. The molecule has 0 radical (unpaired) electrons. The highest BCUT2D eigenvalue weighted by molar-refractivity contribution is 8.14. The highest BCUT2D eigenvalue weighted by Crippen LogP contribution is 2.43. The zero-order chi connectivity index (χ0) is 25.5. The van der Waals surface area contributed by atoms with Gasteiger partial charge in [0.2, 0.25) is 5.91 Å². The molecule has 1 aliphatic rings. The number of ether oxygens (including phenoxy) is 1. The summed E-state index contributed by atoms with van der Waals surface area (Å²) in [6.07, 6.45) is 0. The van der Waals surface area contributed by atoms with E-state index < -0.39 is 11.8 Å². The topological polar surface area (TPSA) is 104 Å². The van der Waals surface area contributed by atoms with Crippen molar-refractivity contribution in [2.24, 2.45) is 10.9 Å². The zero-order valence-corrected chi connectivity index (χ0v) is 21.4. The van der Waals surface area contributed by atoms with E-state index in [4.69, 9.17) is 4.74 Å². The third-order valence-corrected chi connectivity index (χ3v) is 7.57. The first kappa shape index (κ1) is 25.2. The van der Waals surface area contributed by atoms with Crippen molar-refractivity contribution in [2.75, 3.05) is 23.5 Å². The van der Waals surface area contributed by atoms with Gasteiger partial charge in [-0.25, -0.2) is 4.99 Å². The molecule has 0 saturated carbocycles. The van der Waals surface area contributed by atoms with Crippen LogP contribution in [0.1, 0.15) is 17.7 Å². The zero-order valence-electron chi connectivity index (χ0n) is 19.7. The van der Waals surface area contributed by atoms with E-state index in [9.17, 15) is 14.9 Å². The Morgan fingerprint density at radius 3 is 2.42 bits per heavy atom. The third kappa shape index (κ3) is 5.85. The van der Waals surface area contributed by atoms with Crippen LogP contribution in [0, 0.1) is 17.2 Å². The second-order valence-corrected chi connectivity index (χ2v) is 9.91. The predicted molar refractivity (Wildman–Crippen MR) is 145 cm³/mol. The Bertz CT molecular complexity index is 1330. The molecule has 2 amide bonds. The Balaban J connectivity index is 1.56. The molecular formula is C27H24N4O3S2. The van der Waals surface area contributed by atoms with Crippen LogP contribution in [-0.2, 0) is 9.59 Å². The van der Waals surface area contributed by atoms with Gasteiger partial charge < -0.3 is 15.4 Å². The fourth-order valence-corrected chi connectivity index (χ4v) is 5.69. The number of hydrogen-bond donors (Lipinski definition) is 2. The molecule has 9 heteroatoms. The molecule has 1 aromatic heterocycles. The summed E-state index contributed by atoms with van der Waals surface area (Å²) in [5, 5.41) is 18.4. The number of para-hydroxylation sites is 1. The summed E-state index contributed by atoms with van der Waals surface area (Å²) in [6, 6.07) is 22.4.